The van der Waals surface area contributed by atoms with Crippen LogP contribution >= 0.6 is 11.8 Å². The first-order valence-electron chi connectivity index (χ1n) is 6.03. The Kier molecular flexibility index (Phi) is 5.54. The van der Waals surface area contributed by atoms with Crippen LogP contribution in [0.2, 0.25) is 0 Å². The molecular formula is C14H21NO2S. The van der Waals surface area contributed by atoms with E-state index in [0.717, 1.165) is 17.7 Å². The lowest BCUT2D eigenvalue weighted by molar-refractivity contribution is 0.0741. The molecule has 0 radical (unpaired) electrons. The number of thioether (sulfide) groups is 1. The lowest BCUT2D eigenvalue weighted by Gasteiger charge is -2.25. The Bertz CT molecular complexity index is 420. The van der Waals surface area contributed by atoms with Crippen LogP contribution in [-0.4, -0.2) is 41.0 Å². The average Bonchev–Trinajstić information content (AvgIpc) is 2.37. The van der Waals surface area contributed by atoms with Gasteiger partial charge in [0.25, 0.3) is 5.91 Å². The van der Waals surface area contributed by atoms with E-state index in [1.165, 1.54) is 0 Å². The summed E-state index contributed by atoms with van der Waals surface area (Å²) < 4.78 is 0. The molecule has 1 N–H and O–H groups in total. The van der Waals surface area contributed by atoms with Crippen molar-refractivity contribution >= 4 is 17.7 Å². The smallest absolute Gasteiger partial charge is 0.253 e. The lowest BCUT2D eigenvalue weighted by Crippen LogP contribution is -2.35. The number of phenols is 1. The van der Waals surface area contributed by atoms with Gasteiger partial charge < -0.3 is 10.0 Å². The number of phenolic OH excluding ortho intramolecular Hbond substituents is 1. The molecule has 18 heavy (non-hydrogen) atoms. The molecule has 1 aromatic carbocycles. The molecule has 100 valence electrons. The predicted molar refractivity (Wildman–Crippen MR) is 77.4 cm³/mol. The molecule has 1 amide bonds. The zero-order chi connectivity index (χ0) is 13.7. The van der Waals surface area contributed by atoms with Crippen molar-refractivity contribution < 1.29 is 9.90 Å². The maximum Gasteiger partial charge on any atom is 0.253 e. The van der Waals surface area contributed by atoms with E-state index in [2.05, 4.69) is 13.2 Å². The fraction of sp³-hybridized carbons (Fsp3) is 0.500. The lowest BCUT2D eigenvalue weighted by atomic mass is 10.1. The number of carbonyl (C=O) groups excluding carboxylic acids is 1. The first kappa shape index (κ1) is 14.9. The molecule has 0 fully saturated rings. The van der Waals surface area contributed by atoms with Gasteiger partial charge in [0.1, 0.15) is 5.75 Å². The number of aryl methyl sites for hydroxylation is 1. The van der Waals surface area contributed by atoms with E-state index in [-0.39, 0.29) is 17.7 Å². The van der Waals surface area contributed by atoms with Gasteiger partial charge in [0.05, 0.1) is 0 Å². The summed E-state index contributed by atoms with van der Waals surface area (Å²) in [5.41, 5.74) is 1.36. The monoisotopic (exact) mass is 267 g/mol. The molecule has 0 aliphatic carbocycles. The molecule has 0 aromatic heterocycles. The van der Waals surface area contributed by atoms with Gasteiger partial charge >= 0.3 is 0 Å². The molecule has 1 rings (SSSR count). The Morgan fingerprint density at radius 1 is 1.50 bits per heavy atom. The molecule has 0 saturated heterocycles. The number of benzene rings is 1. The van der Waals surface area contributed by atoms with Crippen molar-refractivity contribution in [2.75, 3.05) is 19.1 Å². The maximum absolute atomic E-state index is 12.3. The maximum atomic E-state index is 12.3. The van der Waals surface area contributed by atoms with Gasteiger partial charge in [-0.2, -0.15) is 11.8 Å². The van der Waals surface area contributed by atoms with E-state index in [1.807, 2.05) is 7.05 Å². The van der Waals surface area contributed by atoms with Crippen LogP contribution < -0.4 is 0 Å². The van der Waals surface area contributed by atoms with Crippen molar-refractivity contribution in [3.63, 3.8) is 0 Å². The molecule has 3 nitrogen and oxygen atoms in total. The Labute approximate surface area is 113 Å². The standard InChI is InChI=1S/C14H21NO2S/c1-10-9-12(5-6-13(10)16)14(17)15(3)11(2)7-8-18-4/h5-6,9,11,16H,7-8H2,1-4H3. The van der Waals surface area contributed by atoms with E-state index < -0.39 is 0 Å². The molecule has 0 bridgehead atoms. The fourth-order valence-electron chi connectivity index (χ4n) is 1.67. The van der Waals surface area contributed by atoms with E-state index in [1.54, 1.807) is 41.8 Å². The highest BCUT2D eigenvalue weighted by Crippen LogP contribution is 2.19. The van der Waals surface area contributed by atoms with Crippen LogP contribution in [0.15, 0.2) is 18.2 Å². The number of hydrogen-bond acceptors (Lipinski definition) is 3. The van der Waals surface area contributed by atoms with Crippen molar-refractivity contribution in [1.82, 2.24) is 4.90 Å². The number of carbonyl (C=O) groups is 1. The van der Waals surface area contributed by atoms with Crippen molar-refractivity contribution in [1.29, 1.82) is 0 Å². The van der Waals surface area contributed by atoms with Gasteiger partial charge in [-0.3, -0.25) is 4.79 Å². The highest BCUT2D eigenvalue weighted by Gasteiger charge is 2.17. The van der Waals surface area contributed by atoms with Gasteiger partial charge in [-0.05, 0) is 56.0 Å². The minimum atomic E-state index is 0.00621. The van der Waals surface area contributed by atoms with Crippen LogP contribution in [0.4, 0.5) is 0 Å². The first-order valence-corrected chi connectivity index (χ1v) is 7.42. The second kappa shape index (κ2) is 6.69. The van der Waals surface area contributed by atoms with Gasteiger partial charge in [-0.15, -0.1) is 0 Å². The highest BCUT2D eigenvalue weighted by molar-refractivity contribution is 7.98. The zero-order valence-electron chi connectivity index (χ0n) is 11.4. The van der Waals surface area contributed by atoms with Gasteiger partial charge in [0.15, 0.2) is 0 Å². The fourth-order valence-corrected chi connectivity index (χ4v) is 2.25. The van der Waals surface area contributed by atoms with Gasteiger partial charge in [-0.1, -0.05) is 0 Å². The van der Waals surface area contributed by atoms with E-state index in [9.17, 15) is 9.90 Å². The van der Waals surface area contributed by atoms with Crippen molar-refractivity contribution in [2.45, 2.75) is 26.3 Å². The van der Waals surface area contributed by atoms with Crippen LogP contribution in [0, 0.1) is 6.92 Å². The van der Waals surface area contributed by atoms with E-state index in [0.29, 0.717) is 5.56 Å². The normalized spacial score (nSPS) is 12.2. The summed E-state index contributed by atoms with van der Waals surface area (Å²) in [7, 11) is 1.83. The summed E-state index contributed by atoms with van der Waals surface area (Å²) in [5, 5.41) is 9.46. The minimum absolute atomic E-state index is 0.00621. The quantitative estimate of drug-likeness (QED) is 0.891. The van der Waals surface area contributed by atoms with E-state index in [4.69, 9.17) is 0 Å². The van der Waals surface area contributed by atoms with Crippen molar-refractivity contribution in [3.8, 4) is 5.75 Å². The minimum Gasteiger partial charge on any atom is -0.508 e. The number of hydrogen-bond donors (Lipinski definition) is 1. The first-order chi connectivity index (χ1) is 8.47. The molecule has 0 aliphatic rings. The summed E-state index contributed by atoms with van der Waals surface area (Å²) in [5.74, 6) is 1.28. The van der Waals surface area contributed by atoms with Crippen LogP contribution in [0.1, 0.15) is 29.3 Å². The molecule has 4 heteroatoms. The third-order valence-electron chi connectivity index (χ3n) is 3.16. The van der Waals surface area contributed by atoms with Gasteiger partial charge in [0.2, 0.25) is 0 Å². The number of nitrogens with zero attached hydrogens (tertiary/aromatic N) is 1. The van der Waals surface area contributed by atoms with Crippen LogP contribution in [0.3, 0.4) is 0 Å². The largest absolute Gasteiger partial charge is 0.508 e. The Morgan fingerprint density at radius 2 is 2.17 bits per heavy atom. The average molecular weight is 267 g/mol. The molecule has 0 aliphatic heterocycles. The summed E-state index contributed by atoms with van der Waals surface area (Å²) in [6.45, 7) is 3.85. The predicted octanol–water partition coefficient (Wildman–Crippen LogP) is 2.91. The third kappa shape index (κ3) is 3.67. The van der Waals surface area contributed by atoms with Gasteiger partial charge in [-0.25, -0.2) is 0 Å². The Morgan fingerprint density at radius 3 is 2.72 bits per heavy atom. The number of aromatic hydroxyl groups is 1. The molecule has 1 atom stereocenters. The zero-order valence-corrected chi connectivity index (χ0v) is 12.3. The van der Waals surface area contributed by atoms with E-state index >= 15 is 0 Å². The summed E-state index contributed by atoms with van der Waals surface area (Å²) >= 11 is 1.79. The SMILES string of the molecule is CSCCC(C)N(C)C(=O)c1ccc(O)c(C)c1. The van der Waals surface area contributed by atoms with Crippen LogP contribution in [-0.2, 0) is 0 Å². The van der Waals surface area contributed by atoms with Crippen molar-refractivity contribution in [2.24, 2.45) is 0 Å². The Balaban J connectivity index is 2.76. The highest BCUT2D eigenvalue weighted by atomic mass is 32.2. The Hall–Kier alpha value is -1.16. The van der Waals surface area contributed by atoms with Crippen molar-refractivity contribution in [3.05, 3.63) is 29.3 Å². The number of amides is 1. The molecule has 0 heterocycles. The second-order valence-electron chi connectivity index (χ2n) is 4.55. The van der Waals surface area contributed by atoms with Crippen LogP contribution in [0.5, 0.6) is 5.75 Å². The molecule has 0 spiro atoms. The summed E-state index contributed by atoms with van der Waals surface area (Å²) in [4.78, 5) is 14.0. The molecule has 1 unspecified atom stereocenters. The third-order valence-corrected chi connectivity index (χ3v) is 3.81. The second-order valence-corrected chi connectivity index (χ2v) is 5.53. The van der Waals surface area contributed by atoms with Gasteiger partial charge in [0, 0.05) is 18.7 Å². The van der Waals surface area contributed by atoms with Crippen LogP contribution in [0.25, 0.3) is 0 Å². The summed E-state index contributed by atoms with van der Waals surface area (Å²) in [6.07, 6.45) is 3.05. The molecule has 1 aromatic rings. The summed E-state index contributed by atoms with van der Waals surface area (Å²) in [6, 6.07) is 5.19. The molecule has 0 saturated carbocycles. The number of rotatable bonds is 5. The topological polar surface area (TPSA) is 40.5 Å². The molecular weight excluding hydrogens is 246 g/mol.